The van der Waals surface area contributed by atoms with Crippen LogP contribution in [0, 0.1) is 11.8 Å². The van der Waals surface area contributed by atoms with E-state index in [-0.39, 0.29) is 17.8 Å². The van der Waals surface area contributed by atoms with Crippen LogP contribution in [0.4, 0.5) is 5.00 Å². The van der Waals surface area contributed by atoms with E-state index in [1.807, 2.05) is 0 Å². The fraction of sp³-hybridized carbons (Fsp3) is 0.600. The van der Waals surface area contributed by atoms with Crippen LogP contribution >= 0.6 is 11.3 Å². The Morgan fingerprint density at radius 3 is 2.65 bits per heavy atom. The number of carbonyl (C=O) groups excluding carboxylic acids is 2. The number of aryl methyl sites for hydroxylation is 1. The minimum atomic E-state index is -0.330. The Morgan fingerprint density at radius 2 is 2.00 bits per heavy atom. The Bertz CT molecular complexity index is 564. The molecule has 0 spiro atoms. The van der Waals surface area contributed by atoms with E-state index in [0.717, 1.165) is 37.7 Å². The van der Waals surface area contributed by atoms with Gasteiger partial charge in [0, 0.05) is 10.8 Å². The van der Waals surface area contributed by atoms with E-state index in [0.29, 0.717) is 16.5 Å². The molecular formula is C15H19NO3S. The van der Waals surface area contributed by atoms with E-state index >= 15 is 0 Å². The van der Waals surface area contributed by atoms with Gasteiger partial charge in [0.05, 0.1) is 12.7 Å². The summed E-state index contributed by atoms with van der Waals surface area (Å²) in [4.78, 5) is 25.4. The first kappa shape index (κ1) is 13.6. The summed E-state index contributed by atoms with van der Waals surface area (Å²) < 4.78 is 4.90. The van der Waals surface area contributed by atoms with Gasteiger partial charge in [0.2, 0.25) is 5.91 Å². The number of amides is 1. The molecule has 1 N–H and O–H groups in total. The van der Waals surface area contributed by atoms with Crippen molar-refractivity contribution in [1.82, 2.24) is 0 Å². The topological polar surface area (TPSA) is 55.4 Å². The first-order chi connectivity index (χ1) is 9.61. The molecule has 2 aliphatic carbocycles. The quantitative estimate of drug-likeness (QED) is 0.872. The number of anilines is 1. The number of hydrogen-bond donors (Lipinski definition) is 1. The highest BCUT2D eigenvalue weighted by atomic mass is 32.1. The summed E-state index contributed by atoms with van der Waals surface area (Å²) in [7, 11) is 1.39. The molecule has 3 rings (SSSR count). The van der Waals surface area contributed by atoms with Gasteiger partial charge in [0.25, 0.3) is 0 Å². The predicted molar refractivity (Wildman–Crippen MR) is 78.2 cm³/mol. The molecule has 0 radical (unpaired) electrons. The SMILES string of the molecule is COC(=O)c1c(NC(=O)C2CC2C)sc2c1CCCC2. The molecule has 0 aromatic carbocycles. The molecule has 2 unspecified atom stereocenters. The molecule has 1 heterocycles. The fourth-order valence-electron chi connectivity index (χ4n) is 2.86. The second-order valence-electron chi connectivity index (χ2n) is 5.72. The lowest BCUT2D eigenvalue weighted by Gasteiger charge is -2.11. The number of fused-ring (bicyclic) bond motifs is 1. The second kappa shape index (κ2) is 5.20. The maximum atomic E-state index is 12.1. The van der Waals surface area contributed by atoms with Crippen LogP contribution in [0.2, 0.25) is 0 Å². The van der Waals surface area contributed by atoms with Crippen LogP contribution in [-0.2, 0) is 22.4 Å². The molecule has 1 aromatic heterocycles. The first-order valence-electron chi connectivity index (χ1n) is 7.15. The van der Waals surface area contributed by atoms with Crippen molar-refractivity contribution in [2.24, 2.45) is 11.8 Å². The standard InChI is InChI=1S/C15H19NO3S/c1-8-7-10(8)13(17)16-14-12(15(18)19-2)9-5-3-4-6-11(9)20-14/h8,10H,3-7H2,1-2H3,(H,16,17). The molecule has 2 atom stereocenters. The Morgan fingerprint density at radius 1 is 1.30 bits per heavy atom. The van der Waals surface area contributed by atoms with Crippen LogP contribution in [-0.4, -0.2) is 19.0 Å². The zero-order chi connectivity index (χ0) is 14.3. The summed E-state index contributed by atoms with van der Waals surface area (Å²) in [6.07, 6.45) is 5.11. The van der Waals surface area contributed by atoms with Crippen molar-refractivity contribution in [3.63, 3.8) is 0 Å². The molecule has 0 bridgehead atoms. The summed E-state index contributed by atoms with van der Waals surface area (Å²) in [6, 6.07) is 0. The number of rotatable bonds is 3. The monoisotopic (exact) mass is 293 g/mol. The van der Waals surface area contributed by atoms with Crippen molar-refractivity contribution in [3.8, 4) is 0 Å². The normalized spacial score (nSPS) is 23.9. The average Bonchev–Trinajstić information content (AvgIpc) is 3.07. The first-order valence-corrected chi connectivity index (χ1v) is 7.97. The summed E-state index contributed by atoms with van der Waals surface area (Å²) in [5.41, 5.74) is 1.68. The molecule has 1 saturated carbocycles. The van der Waals surface area contributed by atoms with Crippen molar-refractivity contribution in [2.75, 3.05) is 12.4 Å². The van der Waals surface area contributed by atoms with Crippen molar-refractivity contribution in [2.45, 2.75) is 39.0 Å². The third kappa shape index (κ3) is 2.35. The third-order valence-electron chi connectivity index (χ3n) is 4.24. The maximum Gasteiger partial charge on any atom is 0.341 e. The van der Waals surface area contributed by atoms with E-state index in [4.69, 9.17) is 4.74 Å². The Balaban J connectivity index is 1.90. The molecule has 0 aliphatic heterocycles. The van der Waals surface area contributed by atoms with Gasteiger partial charge < -0.3 is 10.1 Å². The number of nitrogens with one attached hydrogen (secondary N) is 1. The molecule has 0 saturated heterocycles. The summed E-state index contributed by atoms with van der Waals surface area (Å²) >= 11 is 1.55. The molecule has 20 heavy (non-hydrogen) atoms. The molecule has 4 nitrogen and oxygen atoms in total. The number of methoxy groups -OCH3 is 1. The molecular weight excluding hydrogens is 274 g/mol. The lowest BCUT2D eigenvalue weighted by atomic mass is 9.95. The Kier molecular flexibility index (Phi) is 3.54. The van der Waals surface area contributed by atoms with Gasteiger partial charge in [-0.25, -0.2) is 4.79 Å². The molecule has 2 aliphatic rings. The van der Waals surface area contributed by atoms with E-state index in [9.17, 15) is 9.59 Å². The number of thiophene rings is 1. The number of hydrogen-bond acceptors (Lipinski definition) is 4. The highest BCUT2D eigenvalue weighted by Crippen LogP contribution is 2.42. The summed E-state index contributed by atoms with van der Waals surface area (Å²) in [6.45, 7) is 2.07. The van der Waals surface area contributed by atoms with E-state index in [2.05, 4.69) is 12.2 Å². The highest BCUT2D eigenvalue weighted by molar-refractivity contribution is 7.17. The van der Waals surface area contributed by atoms with Gasteiger partial charge in [-0.05, 0) is 43.6 Å². The fourth-order valence-corrected chi connectivity index (χ4v) is 4.14. The van der Waals surface area contributed by atoms with Crippen molar-refractivity contribution in [3.05, 3.63) is 16.0 Å². The third-order valence-corrected chi connectivity index (χ3v) is 5.45. The molecule has 1 fully saturated rings. The van der Waals surface area contributed by atoms with Crippen molar-refractivity contribution >= 4 is 28.2 Å². The smallest absolute Gasteiger partial charge is 0.341 e. The van der Waals surface area contributed by atoms with Crippen LogP contribution in [0.1, 0.15) is 47.0 Å². The maximum absolute atomic E-state index is 12.1. The van der Waals surface area contributed by atoms with Crippen LogP contribution in [0.25, 0.3) is 0 Å². The van der Waals surface area contributed by atoms with E-state index in [1.165, 1.54) is 12.0 Å². The molecule has 108 valence electrons. The Labute approximate surface area is 122 Å². The van der Waals surface area contributed by atoms with Crippen LogP contribution in [0.3, 0.4) is 0 Å². The second-order valence-corrected chi connectivity index (χ2v) is 6.82. The largest absolute Gasteiger partial charge is 0.465 e. The van der Waals surface area contributed by atoms with Gasteiger partial charge in [-0.2, -0.15) is 0 Å². The zero-order valence-corrected chi connectivity index (χ0v) is 12.6. The van der Waals surface area contributed by atoms with Crippen LogP contribution in [0.5, 0.6) is 0 Å². The number of carbonyl (C=O) groups is 2. The average molecular weight is 293 g/mol. The van der Waals surface area contributed by atoms with Gasteiger partial charge in [-0.1, -0.05) is 6.92 Å². The van der Waals surface area contributed by atoms with E-state index < -0.39 is 0 Å². The van der Waals surface area contributed by atoms with Crippen LogP contribution < -0.4 is 5.32 Å². The number of esters is 1. The lowest BCUT2D eigenvalue weighted by molar-refractivity contribution is -0.117. The summed E-state index contributed by atoms with van der Waals surface area (Å²) in [5, 5.41) is 3.64. The summed E-state index contributed by atoms with van der Waals surface area (Å²) in [5.74, 6) is 0.288. The molecule has 1 amide bonds. The van der Waals surface area contributed by atoms with Gasteiger partial charge in [-0.3, -0.25) is 4.79 Å². The zero-order valence-electron chi connectivity index (χ0n) is 11.8. The van der Waals surface area contributed by atoms with Gasteiger partial charge in [0.1, 0.15) is 5.00 Å². The van der Waals surface area contributed by atoms with Gasteiger partial charge in [0.15, 0.2) is 0 Å². The number of ether oxygens (including phenoxy) is 1. The van der Waals surface area contributed by atoms with Gasteiger partial charge >= 0.3 is 5.97 Å². The van der Waals surface area contributed by atoms with Crippen molar-refractivity contribution < 1.29 is 14.3 Å². The van der Waals surface area contributed by atoms with Gasteiger partial charge in [-0.15, -0.1) is 11.3 Å². The van der Waals surface area contributed by atoms with Crippen LogP contribution in [0.15, 0.2) is 0 Å². The van der Waals surface area contributed by atoms with E-state index in [1.54, 1.807) is 11.3 Å². The highest BCUT2D eigenvalue weighted by Gasteiger charge is 2.40. The van der Waals surface area contributed by atoms with Crippen molar-refractivity contribution in [1.29, 1.82) is 0 Å². The Hall–Kier alpha value is -1.36. The molecule has 5 heteroatoms. The minimum absolute atomic E-state index is 0.0428. The molecule has 1 aromatic rings. The predicted octanol–water partition coefficient (Wildman–Crippen LogP) is 3.01. The minimum Gasteiger partial charge on any atom is -0.465 e. The lowest BCUT2D eigenvalue weighted by Crippen LogP contribution is -2.16.